The van der Waals surface area contributed by atoms with Crippen LogP contribution in [0.2, 0.25) is 0 Å². The lowest BCUT2D eigenvalue weighted by Gasteiger charge is -2.30. The second-order valence-electron chi connectivity index (χ2n) is 5.81. The molecule has 0 N–H and O–H groups in total. The Hall–Kier alpha value is -1.13. The maximum Gasteiger partial charge on any atom is 0.160 e. The fourth-order valence-electron chi connectivity index (χ4n) is 3.14. The van der Waals surface area contributed by atoms with Gasteiger partial charge in [-0.15, -0.1) is 11.6 Å². The molecule has 0 saturated carbocycles. The highest BCUT2D eigenvalue weighted by Crippen LogP contribution is 2.26. The van der Waals surface area contributed by atoms with Crippen molar-refractivity contribution < 1.29 is 0 Å². The third-order valence-electron chi connectivity index (χ3n) is 4.05. The zero-order valence-corrected chi connectivity index (χ0v) is 12.8. The first-order valence-electron chi connectivity index (χ1n) is 7.29. The van der Waals surface area contributed by atoms with E-state index in [-0.39, 0.29) is 5.38 Å². The summed E-state index contributed by atoms with van der Waals surface area (Å²) in [5.74, 6) is 1.59. The van der Waals surface area contributed by atoms with E-state index in [1.54, 1.807) is 0 Å². The molecule has 5 heteroatoms. The van der Waals surface area contributed by atoms with E-state index < -0.39 is 0 Å². The third-order valence-corrected chi connectivity index (χ3v) is 4.25. The predicted molar refractivity (Wildman–Crippen MR) is 82.0 cm³/mol. The minimum atomic E-state index is -0.0921. The van der Waals surface area contributed by atoms with Gasteiger partial charge in [-0.05, 0) is 51.4 Å². The van der Waals surface area contributed by atoms with Crippen LogP contribution in [0.1, 0.15) is 31.0 Å². The first kappa shape index (κ1) is 13.8. The zero-order chi connectivity index (χ0) is 14.1. The number of fused-ring (bicyclic) bond motifs is 1. The summed E-state index contributed by atoms with van der Waals surface area (Å²) >= 11 is 6.30. The monoisotopic (exact) mass is 292 g/mol. The third kappa shape index (κ3) is 2.67. The van der Waals surface area contributed by atoms with Crippen molar-refractivity contribution in [1.82, 2.24) is 19.4 Å². The summed E-state index contributed by atoms with van der Waals surface area (Å²) in [6, 6.07) is 3.94. The van der Waals surface area contributed by atoms with Gasteiger partial charge in [0.25, 0.3) is 0 Å². The van der Waals surface area contributed by atoms with Crippen molar-refractivity contribution >= 4 is 22.8 Å². The van der Waals surface area contributed by atoms with E-state index in [4.69, 9.17) is 11.6 Å². The van der Waals surface area contributed by atoms with Crippen LogP contribution in [0.15, 0.2) is 18.3 Å². The molecule has 0 radical (unpaired) electrons. The zero-order valence-electron chi connectivity index (χ0n) is 12.1. The molecule has 0 amide bonds. The molecule has 20 heavy (non-hydrogen) atoms. The average molecular weight is 293 g/mol. The van der Waals surface area contributed by atoms with Gasteiger partial charge >= 0.3 is 0 Å². The molecule has 0 aliphatic carbocycles. The maximum atomic E-state index is 6.30. The van der Waals surface area contributed by atoms with Gasteiger partial charge in [-0.3, -0.25) is 0 Å². The number of pyridine rings is 1. The van der Waals surface area contributed by atoms with Gasteiger partial charge < -0.3 is 9.47 Å². The van der Waals surface area contributed by atoms with Gasteiger partial charge in [-0.2, -0.15) is 0 Å². The van der Waals surface area contributed by atoms with Crippen molar-refractivity contribution in [3.8, 4) is 0 Å². The van der Waals surface area contributed by atoms with Gasteiger partial charge in [-0.25, -0.2) is 9.97 Å². The fraction of sp³-hybridized carbons (Fsp3) is 0.600. The Morgan fingerprint density at radius 3 is 3.10 bits per heavy atom. The number of piperidine rings is 1. The molecule has 1 aliphatic heterocycles. The molecular weight excluding hydrogens is 272 g/mol. The largest absolute Gasteiger partial charge is 0.311 e. The van der Waals surface area contributed by atoms with E-state index in [1.165, 1.54) is 19.4 Å². The Labute approximate surface area is 124 Å². The molecule has 2 unspecified atom stereocenters. The molecule has 1 saturated heterocycles. The Morgan fingerprint density at radius 2 is 2.35 bits per heavy atom. The van der Waals surface area contributed by atoms with Gasteiger partial charge in [0, 0.05) is 19.3 Å². The van der Waals surface area contributed by atoms with Gasteiger partial charge in [0.15, 0.2) is 5.65 Å². The molecule has 4 nitrogen and oxygen atoms in total. The number of alkyl halides is 1. The number of halogens is 1. The van der Waals surface area contributed by atoms with Gasteiger partial charge in [-0.1, -0.05) is 0 Å². The van der Waals surface area contributed by atoms with Crippen molar-refractivity contribution in [3.63, 3.8) is 0 Å². The summed E-state index contributed by atoms with van der Waals surface area (Å²) in [5.41, 5.74) is 1.90. The Balaban J connectivity index is 1.94. The van der Waals surface area contributed by atoms with Crippen LogP contribution in [-0.4, -0.2) is 39.6 Å². The van der Waals surface area contributed by atoms with Crippen LogP contribution in [0.4, 0.5) is 0 Å². The van der Waals surface area contributed by atoms with Crippen LogP contribution in [0, 0.1) is 5.92 Å². The minimum absolute atomic E-state index is 0.0921. The maximum absolute atomic E-state index is 6.30. The van der Waals surface area contributed by atoms with E-state index in [2.05, 4.69) is 26.5 Å². The minimum Gasteiger partial charge on any atom is -0.311 e. The van der Waals surface area contributed by atoms with Crippen LogP contribution in [-0.2, 0) is 6.54 Å². The van der Waals surface area contributed by atoms with Crippen molar-refractivity contribution in [3.05, 3.63) is 24.2 Å². The lowest BCUT2D eigenvalue weighted by Crippen LogP contribution is -2.34. The number of imidazole rings is 1. The summed E-state index contributed by atoms with van der Waals surface area (Å²) in [7, 11) is 2.20. The summed E-state index contributed by atoms with van der Waals surface area (Å²) in [4.78, 5) is 11.6. The van der Waals surface area contributed by atoms with Crippen molar-refractivity contribution in [2.45, 2.75) is 31.7 Å². The highest BCUT2D eigenvalue weighted by Gasteiger charge is 2.22. The molecule has 0 spiro atoms. The van der Waals surface area contributed by atoms with Crippen LogP contribution < -0.4 is 0 Å². The summed E-state index contributed by atoms with van der Waals surface area (Å²) in [5, 5.41) is -0.0921. The van der Waals surface area contributed by atoms with E-state index >= 15 is 0 Å². The molecule has 2 aromatic rings. The summed E-state index contributed by atoms with van der Waals surface area (Å²) in [6.07, 6.45) is 4.37. The lowest BCUT2D eigenvalue weighted by atomic mass is 9.98. The Bertz CT molecular complexity index is 593. The first-order valence-corrected chi connectivity index (χ1v) is 7.72. The molecule has 0 bridgehead atoms. The van der Waals surface area contributed by atoms with Crippen LogP contribution in [0.5, 0.6) is 0 Å². The van der Waals surface area contributed by atoms with Crippen LogP contribution in [0.25, 0.3) is 11.2 Å². The van der Waals surface area contributed by atoms with Crippen molar-refractivity contribution in [2.24, 2.45) is 5.92 Å². The molecule has 3 rings (SSSR count). The number of hydrogen-bond donors (Lipinski definition) is 0. The van der Waals surface area contributed by atoms with E-state index in [9.17, 15) is 0 Å². The SMILES string of the molecule is CC(Cl)c1nc2cccnc2n1CC1CCCN(C)C1. The second kappa shape index (κ2) is 5.70. The smallest absolute Gasteiger partial charge is 0.160 e. The van der Waals surface area contributed by atoms with Crippen molar-refractivity contribution in [1.29, 1.82) is 0 Å². The van der Waals surface area contributed by atoms with Crippen LogP contribution in [0.3, 0.4) is 0 Å². The fourth-order valence-corrected chi connectivity index (χ4v) is 3.31. The highest BCUT2D eigenvalue weighted by atomic mass is 35.5. The lowest BCUT2D eigenvalue weighted by molar-refractivity contribution is 0.194. The molecule has 0 aromatic carbocycles. The normalized spacial score (nSPS) is 22.2. The number of aromatic nitrogens is 3. The summed E-state index contributed by atoms with van der Waals surface area (Å²) in [6.45, 7) is 5.29. The van der Waals surface area contributed by atoms with Gasteiger partial charge in [0.05, 0.1) is 5.38 Å². The molecule has 2 aromatic heterocycles. The van der Waals surface area contributed by atoms with Gasteiger partial charge in [0.1, 0.15) is 11.3 Å². The van der Waals surface area contributed by atoms with Gasteiger partial charge in [0.2, 0.25) is 0 Å². The standard InChI is InChI=1S/C15H21ClN4/c1-11(16)14-18-13-6-3-7-17-15(13)20(14)10-12-5-4-8-19(2)9-12/h3,6-7,11-12H,4-5,8-10H2,1-2H3. The van der Waals surface area contributed by atoms with E-state index in [0.29, 0.717) is 5.92 Å². The van der Waals surface area contributed by atoms with Crippen molar-refractivity contribution in [2.75, 3.05) is 20.1 Å². The number of likely N-dealkylation sites (tertiary alicyclic amines) is 1. The topological polar surface area (TPSA) is 34.0 Å². The number of nitrogens with zero attached hydrogens (tertiary/aromatic N) is 4. The van der Waals surface area contributed by atoms with E-state index in [0.717, 1.165) is 30.1 Å². The quantitative estimate of drug-likeness (QED) is 0.815. The first-order chi connectivity index (χ1) is 9.65. The summed E-state index contributed by atoms with van der Waals surface area (Å²) < 4.78 is 2.22. The molecule has 2 atom stereocenters. The predicted octanol–water partition coefficient (Wildman–Crippen LogP) is 3.07. The van der Waals surface area contributed by atoms with E-state index in [1.807, 2.05) is 25.3 Å². The van der Waals surface area contributed by atoms with Crippen LogP contribution >= 0.6 is 11.6 Å². The Morgan fingerprint density at radius 1 is 1.50 bits per heavy atom. The number of rotatable bonds is 3. The average Bonchev–Trinajstić information content (AvgIpc) is 2.78. The number of hydrogen-bond acceptors (Lipinski definition) is 3. The molecule has 1 fully saturated rings. The Kier molecular flexibility index (Phi) is 3.94. The molecular formula is C15H21ClN4. The second-order valence-corrected chi connectivity index (χ2v) is 6.47. The molecule has 3 heterocycles. The molecule has 108 valence electrons. The molecule has 1 aliphatic rings. The highest BCUT2D eigenvalue weighted by molar-refractivity contribution is 6.20.